The first-order chi connectivity index (χ1) is 12.1. The van der Waals surface area contributed by atoms with Crippen LogP contribution in [0.2, 0.25) is 0 Å². The maximum absolute atomic E-state index is 13.0. The molecular weight excluding hydrogens is 318 g/mol. The van der Waals surface area contributed by atoms with Gasteiger partial charge in [0.1, 0.15) is 0 Å². The van der Waals surface area contributed by atoms with Crippen LogP contribution in [0.1, 0.15) is 65.8 Å². The molecule has 2 heterocycles. The Morgan fingerprint density at radius 2 is 2.12 bits per heavy atom. The van der Waals surface area contributed by atoms with Crippen molar-refractivity contribution in [1.82, 2.24) is 15.0 Å². The van der Waals surface area contributed by atoms with Gasteiger partial charge in [-0.15, -0.1) is 0 Å². The van der Waals surface area contributed by atoms with Crippen molar-refractivity contribution in [3.05, 3.63) is 47.1 Å². The summed E-state index contributed by atoms with van der Waals surface area (Å²) in [6, 6.07) is 8.07. The molecule has 1 saturated carbocycles. The number of ether oxygens (including phenoxy) is 1. The van der Waals surface area contributed by atoms with Crippen molar-refractivity contribution < 1.29 is 14.1 Å². The Bertz CT molecular complexity index is 769. The predicted octanol–water partition coefficient (Wildman–Crippen LogP) is 3.25. The molecule has 1 aromatic heterocycles. The second-order valence-electron chi connectivity index (χ2n) is 7.08. The van der Waals surface area contributed by atoms with Gasteiger partial charge in [0.2, 0.25) is 0 Å². The fourth-order valence-corrected chi connectivity index (χ4v) is 3.55. The van der Waals surface area contributed by atoms with Crippen LogP contribution in [0.4, 0.5) is 0 Å². The Hall–Kier alpha value is -2.21. The molecule has 1 aromatic carbocycles. The number of hydrogen-bond acceptors (Lipinski definition) is 5. The van der Waals surface area contributed by atoms with Crippen molar-refractivity contribution in [3.8, 4) is 0 Å². The monoisotopic (exact) mass is 341 g/mol. The number of hydrogen-bond donors (Lipinski definition) is 0. The van der Waals surface area contributed by atoms with Crippen LogP contribution in [0.5, 0.6) is 0 Å². The Morgan fingerprint density at radius 1 is 1.28 bits per heavy atom. The van der Waals surface area contributed by atoms with E-state index in [1.165, 1.54) is 24.8 Å². The van der Waals surface area contributed by atoms with Gasteiger partial charge in [-0.25, -0.2) is 0 Å². The largest absolute Gasteiger partial charge is 0.362 e. The van der Waals surface area contributed by atoms with Gasteiger partial charge in [-0.1, -0.05) is 23.7 Å². The summed E-state index contributed by atoms with van der Waals surface area (Å²) in [7, 11) is 0. The van der Waals surface area contributed by atoms with Gasteiger partial charge in [0.25, 0.3) is 11.8 Å². The van der Waals surface area contributed by atoms with E-state index in [4.69, 9.17) is 9.26 Å². The molecule has 0 unspecified atom stereocenters. The zero-order valence-electron chi connectivity index (χ0n) is 14.6. The first kappa shape index (κ1) is 16.3. The quantitative estimate of drug-likeness (QED) is 0.857. The van der Waals surface area contributed by atoms with Gasteiger partial charge in [-0.2, -0.15) is 4.98 Å². The molecule has 25 heavy (non-hydrogen) atoms. The highest BCUT2D eigenvalue weighted by molar-refractivity contribution is 5.94. The van der Waals surface area contributed by atoms with Crippen LogP contribution < -0.4 is 0 Å². The highest BCUT2D eigenvalue weighted by atomic mass is 16.5. The fraction of sp³-hybridized carbons (Fsp3) is 0.526. The van der Waals surface area contributed by atoms with Crippen LogP contribution >= 0.6 is 0 Å². The minimum Gasteiger partial charge on any atom is -0.362 e. The molecule has 1 aliphatic heterocycles. The Balaban J connectivity index is 1.52. The van der Waals surface area contributed by atoms with Crippen molar-refractivity contribution in [1.29, 1.82) is 0 Å². The molecule has 1 saturated heterocycles. The lowest BCUT2D eigenvalue weighted by Gasteiger charge is -2.35. The normalized spacial score (nSPS) is 24.2. The van der Waals surface area contributed by atoms with E-state index in [0.29, 0.717) is 30.7 Å². The number of nitrogens with zero attached hydrogens (tertiary/aromatic N) is 3. The summed E-state index contributed by atoms with van der Waals surface area (Å²) in [4.78, 5) is 19.1. The Kier molecular flexibility index (Phi) is 4.29. The van der Waals surface area contributed by atoms with E-state index in [1.54, 1.807) is 6.92 Å². The topological polar surface area (TPSA) is 68.5 Å². The third-order valence-corrected chi connectivity index (χ3v) is 5.08. The first-order valence-electron chi connectivity index (χ1n) is 8.95. The van der Waals surface area contributed by atoms with E-state index >= 15 is 0 Å². The molecule has 2 aromatic rings. The van der Waals surface area contributed by atoms with Crippen molar-refractivity contribution >= 4 is 5.91 Å². The van der Waals surface area contributed by atoms with E-state index in [-0.39, 0.29) is 18.1 Å². The maximum Gasteiger partial charge on any atom is 0.257 e. The van der Waals surface area contributed by atoms with E-state index in [9.17, 15) is 4.79 Å². The van der Waals surface area contributed by atoms with Gasteiger partial charge < -0.3 is 14.2 Å². The van der Waals surface area contributed by atoms with Crippen LogP contribution in [0.25, 0.3) is 0 Å². The van der Waals surface area contributed by atoms with Gasteiger partial charge in [0.15, 0.2) is 11.9 Å². The molecule has 4 rings (SSSR count). The van der Waals surface area contributed by atoms with E-state index in [1.807, 2.05) is 24.0 Å². The number of aromatic nitrogens is 2. The average molecular weight is 341 g/mol. The summed E-state index contributed by atoms with van der Waals surface area (Å²) in [5.74, 6) is 1.66. The SMILES string of the molecule is Cc1noc([C@H]2CN(C(=O)c3cccc(C4CCC4)c3)C[C@@H](C)O2)n1. The molecule has 1 aliphatic carbocycles. The first-order valence-corrected chi connectivity index (χ1v) is 8.95. The zero-order valence-corrected chi connectivity index (χ0v) is 14.6. The summed E-state index contributed by atoms with van der Waals surface area (Å²) < 4.78 is 11.1. The molecule has 0 radical (unpaired) electrons. The third-order valence-electron chi connectivity index (χ3n) is 5.08. The van der Waals surface area contributed by atoms with E-state index < -0.39 is 0 Å². The Morgan fingerprint density at radius 3 is 2.80 bits per heavy atom. The second kappa shape index (κ2) is 6.59. The molecule has 0 spiro atoms. The smallest absolute Gasteiger partial charge is 0.257 e. The highest BCUT2D eigenvalue weighted by Crippen LogP contribution is 2.36. The predicted molar refractivity (Wildman–Crippen MR) is 91.3 cm³/mol. The minimum atomic E-state index is -0.372. The number of amides is 1. The van der Waals surface area contributed by atoms with Gasteiger partial charge in [-0.3, -0.25) is 4.79 Å². The summed E-state index contributed by atoms with van der Waals surface area (Å²) in [6.07, 6.45) is 3.29. The lowest BCUT2D eigenvalue weighted by atomic mass is 9.79. The highest BCUT2D eigenvalue weighted by Gasteiger charge is 2.33. The third kappa shape index (κ3) is 3.31. The van der Waals surface area contributed by atoms with Gasteiger partial charge in [0, 0.05) is 12.1 Å². The summed E-state index contributed by atoms with van der Waals surface area (Å²) in [5.41, 5.74) is 2.03. The molecular formula is C19H23N3O3. The lowest BCUT2D eigenvalue weighted by Crippen LogP contribution is -2.46. The van der Waals surface area contributed by atoms with Crippen LogP contribution in [-0.2, 0) is 4.74 Å². The number of carbonyl (C=O) groups is 1. The van der Waals surface area contributed by atoms with Crippen molar-refractivity contribution in [3.63, 3.8) is 0 Å². The van der Waals surface area contributed by atoms with Crippen molar-refractivity contribution in [2.45, 2.75) is 51.2 Å². The number of carbonyl (C=O) groups excluding carboxylic acids is 1. The van der Waals surface area contributed by atoms with Gasteiger partial charge in [0.05, 0.1) is 12.6 Å². The molecule has 1 amide bonds. The standard InChI is InChI=1S/C19H23N3O3/c1-12-10-22(11-17(24-12)18-20-13(2)21-25-18)19(23)16-8-4-7-15(9-16)14-5-3-6-14/h4,7-9,12,14,17H,3,5-6,10-11H2,1-2H3/t12-,17-/m1/s1. The van der Waals surface area contributed by atoms with Crippen LogP contribution in [-0.4, -0.2) is 40.1 Å². The van der Waals surface area contributed by atoms with E-state index in [2.05, 4.69) is 22.3 Å². The fourth-order valence-electron chi connectivity index (χ4n) is 3.55. The average Bonchev–Trinajstić information content (AvgIpc) is 2.99. The molecule has 6 nitrogen and oxygen atoms in total. The molecule has 0 bridgehead atoms. The van der Waals surface area contributed by atoms with Crippen molar-refractivity contribution in [2.75, 3.05) is 13.1 Å². The second-order valence-corrected chi connectivity index (χ2v) is 7.08. The Labute approximate surface area is 147 Å². The maximum atomic E-state index is 13.0. The van der Waals surface area contributed by atoms with Crippen LogP contribution in [0, 0.1) is 6.92 Å². The zero-order chi connectivity index (χ0) is 17.4. The number of benzene rings is 1. The van der Waals surface area contributed by atoms with Gasteiger partial charge >= 0.3 is 0 Å². The number of morpholine rings is 1. The summed E-state index contributed by atoms with van der Waals surface area (Å²) >= 11 is 0. The summed E-state index contributed by atoms with van der Waals surface area (Å²) in [5, 5.41) is 3.82. The molecule has 132 valence electrons. The molecule has 6 heteroatoms. The minimum absolute atomic E-state index is 0.0394. The number of rotatable bonds is 3. The molecule has 2 fully saturated rings. The van der Waals surface area contributed by atoms with Crippen molar-refractivity contribution in [2.24, 2.45) is 0 Å². The number of aryl methyl sites for hydroxylation is 1. The lowest BCUT2D eigenvalue weighted by molar-refractivity contribution is -0.0810. The van der Waals surface area contributed by atoms with Crippen LogP contribution in [0.3, 0.4) is 0 Å². The molecule has 2 aliphatic rings. The summed E-state index contributed by atoms with van der Waals surface area (Å²) in [6.45, 7) is 4.73. The molecule has 2 atom stereocenters. The van der Waals surface area contributed by atoms with Gasteiger partial charge in [-0.05, 0) is 50.3 Å². The van der Waals surface area contributed by atoms with Crippen LogP contribution in [0.15, 0.2) is 28.8 Å². The van der Waals surface area contributed by atoms with E-state index in [0.717, 1.165) is 5.56 Å². The molecule has 0 N–H and O–H groups in total.